The van der Waals surface area contributed by atoms with Gasteiger partial charge in [-0.1, -0.05) is 12.1 Å². The molecule has 1 amide bonds. The van der Waals surface area contributed by atoms with Crippen LogP contribution in [0.4, 0.5) is 14.5 Å². The van der Waals surface area contributed by atoms with Crippen LogP contribution in [0.1, 0.15) is 10.4 Å². The van der Waals surface area contributed by atoms with E-state index in [4.69, 9.17) is 0 Å². The van der Waals surface area contributed by atoms with Gasteiger partial charge in [-0.25, -0.2) is 8.78 Å². The second-order valence-electron chi connectivity index (χ2n) is 3.61. The Morgan fingerprint density at radius 3 is 2.56 bits per heavy atom. The molecule has 2 rings (SSSR count). The first-order valence-corrected chi connectivity index (χ1v) is 5.12. The summed E-state index contributed by atoms with van der Waals surface area (Å²) in [5.74, 6) is -3.10. The second kappa shape index (κ2) is 4.83. The highest BCUT2D eigenvalue weighted by Gasteiger charge is 2.15. The van der Waals surface area contributed by atoms with Crippen LogP contribution in [0.3, 0.4) is 0 Å². The van der Waals surface area contributed by atoms with E-state index in [-0.39, 0.29) is 5.75 Å². The number of hydrogen-bond donors (Lipinski definition) is 2. The van der Waals surface area contributed by atoms with E-state index in [2.05, 4.69) is 5.32 Å². The molecule has 92 valence electrons. The number of halogens is 2. The van der Waals surface area contributed by atoms with Crippen LogP contribution in [0.25, 0.3) is 0 Å². The highest BCUT2D eigenvalue weighted by molar-refractivity contribution is 6.04. The number of carbonyl (C=O) groups is 1. The molecule has 5 heteroatoms. The van der Waals surface area contributed by atoms with Crippen molar-refractivity contribution >= 4 is 11.6 Å². The molecule has 2 N–H and O–H groups in total. The molecule has 0 radical (unpaired) electrons. The Hall–Kier alpha value is -2.43. The van der Waals surface area contributed by atoms with Gasteiger partial charge >= 0.3 is 0 Å². The molecule has 0 heterocycles. The number of rotatable bonds is 2. The summed E-state index contributed by atoms with van der Waals surface area (Å²) in [5.41, 5.74) is -0.0954. The number of hydrogen-bond acceptors (Lipinski definition) is 2. The number of carbonyl (C=O) groups excluding carboxylic acids is 1. The van der Waals surface area contributed by atoms with E-state index >= 15 is 0 Å². The molecule has 0 fully saturated rings. The van der Waals surface area contributed by atoms with Gasteiger partial charge in [-0.3, -0.25) is 4.79 Å². The first-order valence-electron chi connectivity index (χ1n) is 5.12. The first kappa shape index (κ1) is 12.0. The maximum atomic E-state index is 13.3. The van der Waals surface area contributed by atoms with Crippen molar-refractivity contribution in [3.63, 3.8) is 0 Å². The van der Waals surface area contributed by atoms with E-state index < -0.39 is 23.1 Å². The largest absolute Gasteiger partial charge is 0.508 e. The van der Waals surface area contributed by atoms with Gasteiger partial charge in [0.1, 0.15) is 5.75 Å². The summed E-state index contributed by atoms with van der Waals surface area (Å²) in [4.78, 5) is 11.7. The van der Waals surface area contributed by atoms with E-state index in [9.17, 15) is 18.7 Å². The second-order valence-corrected chi connectivity index (χ2v) is 3.61. The standard InChI is InChI=1S/C13H9F2NO2/c14-11-6-2-5-10(12(11)15)13(18)16-8-3-1-4-9(17)7-8/h1-7,17H,(H,16,18). The van der Waals surface area contributed by atoms with Crippen LogP contribution >= 0.6 is 0 Å². The van der Waals surface area contributed by atoms with Gasteiger partial charge in [-0.15, -0.1) is 0 Å². The number of phenolic OH excluding ortho intramolecular Hbond substituents is 1. The van der Waals surface area contributed by atoms with Crippen molar-refractivity contribution in [1.82, 2.24) is 0 Å². The van der Waals surface area contributed by atoms with Crippen molar-refractivity contribution in [2.24, 2.45) is 0 Å². The summed E-state index contributed by atoms with van der Waals surface area (Å²) in [6, 6.07) is 9.13. The minimum absolute atomic E-state index is 0.0347. The van der Waals surface area contributed by atoms with Crippen LogP contribution in [0.5, 0.6) is 5.75 Å². The summed E-state index contributed by atoms with van der Waals surface area (Å²) in [6.45, 7) is 0. The number of aromatic hydroxyl groups is 1. The lowest BCUT2D eigenvalue weighted by molar-refractivity contribution is 0.102. The van der Waals surface area contributed by atoms with Crippen molar-refractivity contribution < 1.29 is 18.7 Å². The van der Waals surface area contributed by atoms with Crippen LogP contribution in [0.15, 0.2) is 42.5 Å². The Morgan fingerprint density at radius 2 is 1.83 bits per heavy atom. The highest BCUT2D eigenvalue weighted by Crippen LogP contribution is 2.18. The molecular formula is C13H9F2NO2. The Morgan fingerprint density at radius 1 is 1.11 bits per heavy atom. The Balaban J connectivity index is 2.25. The zero-order valence-electron chi connectivity index (χ0n) is 9.15. The van der Waals surface area contributed by atoms with Gasteiger partial charge in [0.05, 0.1) is 5.56 Å². The fraction of sp³-hybridized carbons (Fsp3) is 0. The molecule has 2 aromatic rings. The highest BCUT2D eigenvalue weighted by atomic mass is 19.2. The smallest absolute Gasteiger partial charge is 0.258 e. The minimum Gasteiger partial charge on any atom is -0.508 e. The molecule has 0 spiro atoms. The van der Waals surface area contributed by atoms with Crippen LogP contribution in [0.2, 0.25) is 0 Å². The Labute approximate surface area is 102 Å². The summed E-state index contributed by atoms with van der Waals surface area (Å²) in [7, 11) is 0. The van der Waals surface area contributed by atoms with Crippen molar-refractivity contribution in [1.29, 1.82) is 0 Å². The van der Waals surface area contributed by atoms with Crippen molar-refractivity contribution in [2.75, 3.05) is 5.32 Å². The average molecular weight is 249 g/mol. The maximum absolute atomic E-state index is 13.3. The molecule has 18 heavy (non-hydrogen) atoms. The Bertz CT molecular complexity index is 599. The minimum atomic E-state index is -1.20. The molecular weight excluding hydrogens is 240 g/mol. The molecule has 0 saturated heterocycles. The lowest BCUT2D eigenvalue weighted by Crippen LogP contribution is -2.14. The fourth-order valence-corrected chi connectivity index (χ4v) is 1.46. The van der Waals surface area contributed by atoms with Gasteiger partial charge in [0, 0.05) is 11.8 Å². The molecule has 0 atom stereocenters. The third kappa shape index (κ3) is 2.45. The summed E-state index contributed by atoms with van der Waals surface area (Å²) >= 11 is 0. The van der Waals surface area contributed by atoms with E-state index in [1.165, 1.54) is 36.4 Å². The van der Waals surface area contributed by atoms with Crippen LogP contribution in [0, 0.1) is 11.6 Å². The summed E-state index contributed by atoms with van der Waals surface area (Å²) in [5, 5.41) is 11.6. The van der Waals surface area contributed by atoms with Crippen LogP contribution in [-0.4, -0.2) is 11.0 Å². The van der Waals surface area contributed by atoms with Gasteiger partial charge in [0.15, 0.2) is 11.6 Å². The van der Waals surface area contributed by atoms with Gasteiger partial charge in [-0.2, -0.15) is 0 Å². The zero-order chi connectivity index (χ0) is 13.1. The van der Waals surface area contributed by atoms with Gasteiger partial charge in [-0.05, 0) is 24.3 Å². The molecule has 0 aliphatic rings. The lowest BCUT2D eigenvalue weighted by Gasteiger charge is -2.06. The Kier molecular flexibility index (Phi) is 3.23. The van der Waals surface area contributed by atoms with E-state index in [1.807, 2.05) is 0 Å². The van der Waals surface area contributed by atoms with E-state index in [0.717, 1.165) is 6.07 Å². The average Bonchev–Trinajstić information content (AvgIpc) is 2.32. The monoisotopic (exact) mass is 249 g/mol. The number of nitrogens with one attached hydrogen (secondary N) is 1. The summed E-state index contributed by atoms with van der Waals surface area (Å²) < 4.78 is 26.3. The predicted octanol–water partition coefficient (Wildman–Crippen LogP) is 2.92. The number of benzene rings is 2. The first-order chi connectivity index (χ1) is 8.58. The third-order valence-electron chi connectivity index (χ3n) is 2.30. The normalized spacial score (nSPS) is 10.1. The predicted molar refractivity (Wildman–Crippen MR) is 62.4 cm³/mol. The molecule has 0 aliphatic heterocycles. The van der Waals surface area contributed by atoms with Crippen LogP contribution in [-0.2, 0) is 0 Å². The number of anilines is 1. The van der Waals surface area contributed by atoms with Gasteiger partial charge in [0.2, 0.25) is 0 Å². The van der Waals surface area contributed by atoms with Gasteiger partial charge < -0.3 is 10.4 Å². The molecule has 0 unspecified atom stereocenters. The fourth-order valence-electron chi connectivity index (χ4n) is 1.46. The SMILES string of the molecule is O=C(Nc1cccc(O)c1)c1cccc(F)c1F. The molecule has 0 aliphatic carbocycles. The van der Waals surface area contributed by atoms with Gasteiger partial charge in [0.25, 0.3) is 5.91 Å². The van der Waals surface area contributed by atoms with Crippen molar-refractivity contribution in [3.8, 4) is 5.75 Å². The number of phenols is 1. The quantitative estimate of drug-likeness (QED) is 0.859. The third-order valence-corrected chi connectivity index (χ3v) is 2.30. The molecule has 0 saturated carbocycles. The van der Waals surface area contributed by atoms with Crippen molar-refractivity contribution in [3.05, 3.63) is 59.7 Å². The lowest BCUT2D eigenvalue weighted by atomic mass is 10.2. The summed E-state index contributed by atoms with van der Waals surface area (Å²) in [6.07, 6.45) is 0. The molecule has 0 aromatic heterocycles. The molecule has 0 bridgehead atoms. The topological polar surface area (TPSA) is 49.3 Å². The van der Waals surface area contributed by atoms with Crippen LogP contribution < -0.4 is 5.32 Å². The maximum Gasteiger partial charge on any atom is 0.258 e. The van der Waals surface area contributed by atoms with E-state index in [0.29, 0.717) is 5.69 Å². The van der Waals surface area contributed by atoms with Crippen molar-refractivity contribution in [2.45, 2.75) is 0 Å². The number of amides is 1. The molecule has 3 nitrogen and oxygen atoms in total. The van der Waals surface area contributed by atoms with E-state index in [1.54, 1.807) is 0 Å². The zero-order valence-corrected chi connectivity index (χ0v) is 9.15. The molecule has 2 aromatic carbocycles.